The average molecular weight is 234 g/mol. The van der Waals surface area contributed by atoms with Crippen molar-refractivity contribution < 1.29 is 9.18 Å². The molecule has 82 valence electrons. The number of carbonyl (C=O) groups is 1. The Morgan fingerprint density at radius 3 is 2.06 bits per heavy atom. The Balaban J connectivity index is 0.000000165. The summed E-state index contributed by atoms with van der Waals surface area (Å²) in [4.78, 5) is 10.9. The standard InChI is InChI=1S/C7H6OS.C6H5F/c8-5-6-2-1-3-7(9)4-6;7-6-4-2-1-3-5-6/h1-5,9H;1-5H. The Hall–Kier alpha value is -1.61. The average Bonchev–Trinajstić information content (AvgIpc) is 2.31. The van der Waals surface area contributed by atoms with Crippen LogP contribution < -0.4 is 0 Å². The summed E-state index contributed by atoms with van der Waals surface area (Å²) < 4.78 is 11.9. The Bertz CT molecular complexity index is 443. The van der Waals surface area contributed by atoms with Gasteiger partial charge in [-0.25, -0.2) is 4.39 Å². The van der Waals surface area contributed by atoms with Crippen LogP contribution in [0.15, 0.2) is 59.5 Å². The summed E-state index contributed by atoms with van der Waals surface area (Å²) in [6.45, 7) is 0. The minimum atomic E-state index is -0.178. The summed E-state index contributed by atoms with van der Waals surface area (Å²) in [5, 5.41) is 0. The smallest absolute Gasteiger partial charge is 0.150 e. The molecule has 1 nitrogen and oxygen atoms in total. The largest absolute Gasteiger partial charge is 0.298 e. The first-order valence-corrected chi connectivity index (χ1v) is 5.12. The third kappa shape index (κ3) is 4.75. The zero-order chi connectivity index (χ0) is 11.8. The molecule has 0 radical (unpaired) electrons. The molecule has 3 heteroatoms. The van der Waals surface area contributed by atoms with Crippen LogP contribution in [0.2, 0.25) is 0 Å². The highest BCUT2D eigenvalue weighted by Crippen LogP contribution is 2.05. The molecular formula is C13H11FOS. The third-order valence-corrected chi connectivity index (χ3v) is 2.02. The lowest BCUT2D eigenvalue weighted by Crippen LogP contribution is -1.76. The van der Waals surface area contributed by atoms with Gasteiger partial charge < -0.3 is 0 Å². The maximum atomic E-state index is 11.9. The van der Waals surface area contributed by atoms with Gasteiger partial charge in [0.15, 0.2) is 0 Å². The maximum absolute atomic E-state index is 11.9. The first kappa shape index (κ1) is 12.5. The van der Waals surface area contributed by atoms with Crippen LogP contribution in [0.25, 0.3) is 0 Å². The second-order valence-corrected chi connectivity index (χ2v) is 3.52. The van der Waals surface area contributed by atoms with E-state index in [9.17, 15) is 9.18 Å². The molecule has 0 saturated heterocycles. The van der Waals surface area contributed by atoms with Crippen LogP contribution in [0.4, 0.5) is 4.39 Å². The maximum Gasteiger partial charge on any atom is 0.150 e. The van der Waals surface area contributed by atoms with Gasteiger partial charge in [0.2, 0.25) is 0 Å². The van der Waals surface area contributed by atoms with E-state index in [1.54, 1.807) is 36.4 Å². The zero-order valence-electron chi connectivity index (χ0n) is 8.51. The van der Waals surface area contributed by atoms with Gasteiger partial charge >= 0.3 is 0 Å². The quantitative estimate of drug-likeness (QED) is 0.589. The monoisotopic (exact) mass is 234 g/mol. The van der Waals surface area contributed by atoms with Crippen molar-refractivity contribution in [2.24, 2.45) is 0 Å². The zero-order valence-corrected chi connectivity index (χ0v) is 9.40. The van der Waals surface area contributed by atoms with Gasteiger partial charge in [-0.05, 0) is 24.3 Å². The summed E-state index contributed by atoms with van der Waals surface area (Å²) in [6.07, 6.45) is 0.805. The molecule has 0 aromatic heterocycles. The Morgan fingerprint density at radius 2 is 1.69 bits per heavy atom. The number of hydrogen-bond acceptors (Lipinski definition) is 2. The fourth-order valence-electron chi connectivity index (χ4n) is 1.01. The number of hydrogen-bond donors (Lipinski definition) is 1. The van der Waals surface area contributed by atoms with Gasteiger partial charge in [0.25, 0.3) is 0 Å². The molecule has 0 amide bonds. The number of rotatable bonds is 1. The highest BCUT2D eigenvalue weighted by atomic mass is 32.1. The van der Waals surface area contributed by atoms with Crippen molar-refractivity contribution in [3.63, 3.8) is 0 Å². The summed E-state index contributed by atoms with van der Waals surface area (Å²) in [7, 11) is 0. The predicted octanol–water partition coefficient (Wildman–Crippen LogP) is 3.61. The van der Waals surface area contributed by atoms with E-state index in [2.05, 4.69) is 12.6 Å². The van der Waals surface area contributed by atoms with Crippen LogP contribution >= 0.6 is 12.6 Å². The van der Waals surface area contributed by atoms with Crippen molar-refractivity contribution in [3.05, 3.63) is 66.0 Å². The molecule has 0 bridgehead atoms. The Morgan fingerprint density at radius 1 is 1.00 bits per heavy atom. The Kier molecular flexibility index (Phi) is 5.29. The van der Waals surface area contributed by atoms with Crippen LogP contribution in [-0.4, -0.2) is 6.29 Å². The van der Waals surface area contributed by atoms with Gasteiger partial charge in [0.05, 0.1) is 0 Å². The fraction of sp³-hybridized carbons (Fsp3) is 0. The van der Waals surface area contributed by atoms with Crippen LogP contribution in [0.3, 0.4) is 0 Å². The Labute approximate surface area is 99.3 Å². The second kappa shape index (κ2) is 6.80. The van der Waals surface area contributed by atoms with E-state index in [1.165, 1.54) is 12.1 Å². The number of benzene rings is 2. The summed E-state index contributed by atoms with van der Waals surface area (Å²) in [5.41, 5.74) is 0.669. The lowest BCUT2D eigenvalue weighted by Gasteiger charge is -1.89. The molecule has 2 aromatic rings. The SMILES string of the molecule is Fc1ccccc1.O=Cc1cccc(S)c1. The molecule has 0 saturated carbocycles. The van der Waals surface area contributed by atoms with Gasteiger partial charge in [0, 0.05) is 10.5 Å². The predicted molar refractivity (Wildman–Crippen MR) is 65.5 cm³/mol. The summed E-state index contributed by atoms with van der Waals surface area (Å²) >= 11 is 4.05. The normalized spacial score (nSPS) is 8.88. The molecule has 0 fully saturated rings. The van der Waals surface area contributed by atoms with Crippen LogP contribution in [0.5, 0.6) is 0 Å². The van der Waals surface area contributed by atoms with E-state index in [4.69, 9.17) is 0 Å². The van der Waals surface area contributed by atoms with Gasteiger partial charge in [-0.15, -0.1) is 12.6 Å². The molecule has 0 aliphatic rings. The summed E-state index contributed by atoms with van der Waals surface area (Å²) in [6, 6.07) is 15.0. The number of aldehydes is 1. The molecule has 0 atom stereocenters. The van der Waals surface area contributed by atoms with Crippen LogP contribution in [0, 0.1) is 5.82 Å². The molecule has 0 aliphatic heterocycles. The van der Waals surface area contributed by atoms with Crippen molar-refractivity contribution in [1.82, 2.24) is 0 Å². The van der Waals surface area contributed by atoms with Crippen LogP contribution in [0.1, 0.15) is 10.4 Å². The van der Waals surface area contributed by atoms with Gasteiger partial charge in [0.1, 0.15) is 12.1 Å². The first-order valence-electron chi connectivity index (χ1n) is 4.67. The van der Waals surface area contributed by atoms with Gasteiger partial charge in [-0.2, -0.15) is 0 Å². The topological polar surface area (TPSA) is 17.1 Å². The molecule has 0 N–H and O–H groups in total. The van der Waals surface area contributed by atoms with E-state index in [0.717, 1.165) is 11.2 Å². The second-order valence-electron chi connectivity index (χ2n) is 3.01. The van der Waals surface area contributed by atoms with E-state index in [1.807, 2.05) is 6.07 Å². The molecule has 0 heterocycles. The lowest BCUT2D eigenvalue weighted by molar-refractivity contribution is 0.112. The van der Waals surface area contributed by atoms with Crippen molar-refractivity contribution in [2.75, 3.05) is 0 Å². The highest BCUT2D eigenvalue weighted by molar-refractivity contribution is 7.80. The number of thiol groups is 1. The molecule has 0 unspecified atom stereocenters. The van der Waals surface area contributed by atoms with Gasteiger partial charge in [-0.3, -0.25) is 4.79 Å². The van der Waals surface area contributed by atoms with Crippen molar-refractivity contribution in [1.29, 1.82) is 0 Å². The lowest BCUT2D eigenvalue weighted by atomic mass is 10.2. The number of carbonyl (C=O) groups excluding carboxylic acids is 1. The van der Waals surface area contributed by atoms with E-state index >= 15 is 0 Å². The molecule has 0 spiro atoms. The minimum absolute atomic E-state index is 0.178. The third-order valence-electron chi connectivity index (χ3n) is 1.74. The molecular weight excluding hydrogens is 223 g/mol. The van der Waals surface area contributed by atoms with E-state index < -0.39 is 0 Å². The minimum Gasteiger partial charge on any atom is -0.298 e. The van der Waals surface area contributed by atoms with E-state index in [0.29, 0.717) is 5.56 Å². The fourth-order valence-corrected chi connectivity index (χ4v) is 1.25. The van der Waals surface area contributed by atoms with Crippen molar-refractivity contribution in [3.8, 4) is 0 Å². The van der Waals surface area contributed by atoms with Crippen molar-refractivity contribution >= 4 is 18.9 Å². The van der Waals surface area contributed by atoms with E-state index in [-0.39, 0.29) is 5.82 Å². The first-order chi connectivity index (χ1) is 7.72. The van der Waals surface area contributed by atoms with Crippen LogP contribution in [-0.2, 0) is 0 Å². The molecule has 2 aromatic carbocycles. The molecule has 16 heavy (non-hydrogen) atoms. The summed E-state index contributed by atoms with van der Waals surface area (Å²) in [5.74, 6) is -0.178. The molecule has 2 rings (SSSR count). The van der Waals surface area contributed by atoms with Crippen molar-refractivity contribution in [2.45, 2.75) is 4.90 Å². The van der Waals surface area contributed by atoms with Gasteiger partial charge in [-0.1, -0.05) is 30.3 Å². The molecule has 0 aliphatic carbocycles. The highest BCUT2D eigenvalue weighted by Gasteiger charge is 1.86. The number of halogens is 1.